The molecule has 2 aliphatic carbocycles. The van der Waals surface area contributed by atoms with Gasteiger partial charge in [-0.25, -0.2) is 8.78 Å². The molecule has 0 amide bonds. The molecule has 0 radical (unpaired) electrons. The maximum Gasteiger partial charge on any atom is 0.697 e. The molecule has 5 nitrogen and oxygen atoms in total. The first-order chi connectivity index (χ1) is 32.7. The molecule has 4 aromatic carbocycles. The lowest BCUT2D eigenvalue weighted by molar-refractivity contribution is -0.140. The fraction of sp³-hybridized carbons (Fsp3) is 0.538. The molecule has 0 atom stereocenters. The molecule has 4 aromatic rings. The van der Waals surface area contributed by atoms with Crippen LogP contribution >= 0.6 is 31.8 Å². The van der Waals surface area contributed by atoms with Crippen molar-refractivity contribution >= 4 is 31.8 Å². The number of unbranched alkanes of at least 4 members (excludes halogenated alkanes) is 2. The van der Waals surface area contributed by atoms with Crippen molar-refractivity contribution in [3.05, 3.63) is 130 Å². The summed E-state index contributed by atoms with van der Waals surface area (Å²) in [6.07, 6.45) is 5.83. The second kappa shape index (κ2) is 26.4. The van der Waals surface area contributed by atoms with Crippen LogP contribution in [0.4, 0.5) is 35.1 Å². The SMILES string of the molecule is O=[P+](OCCCNCc1ccc(SCCCCC2(c3ccc(F)cc3)CCCC2)c(C(F)(F)F)c1)OCCCNCc1ccc(SCCCCC2(c3ccc(F)cc3)CCCC2)c(C(F)(F)F)c1. The van der Waals surface area contributed by atoms with Gasteiger partial charge in [0.05, 0.1) is 11.1 Å². The summed E-state index contributed by atoms with van der Waals surface area (Å²) < 4.78 is 134. The Balaban J connectivity index is 0.812. The molecule has 68 heavy (non-hydrogen) atoms. The number of halogens is 8. The summed E-state index contributed by atoms with van der Waals surface area (Å²) in [7, 11) is -2.39. The molecule has 372 valence electrons. The van der Waals surface area contributed by atoms with Crippen LogP contribution in [0.1, 0.15) is 136 Å². The van der Waals surface area contributed by atoms with Crippen molar-refractivity contribution in [3.8, 4) is 0 Å². The second-order valence-corrected chi connectivity index (χ2v) is 21.4. The Labute approximate surface area is 406 Å². The van der Waals surface area contributed by atoms with Gasteiger partial charge in [-0.05, 0) is 170 Å². The van der Waals surface area contributed by atoms with Crippen molar-refractivity contribution in [2.75, 3.05) is 37.8 Å². The van der Waals surface area contributed by atoms with Gasteiger partial charge in [0.1, 0.15) is 24.8 Å². The predicted molar refractivity (Wildman–Crippen MR) is 257 cm³/mol. The fourth-order valence-corrected chi connectivity index (χ4v) is 12.6. The van der Waals surface area contributed by atoms with E-state index in [9.17, 15) is 39.7 Å². The summed E-state index contributed by atoms with van der Waals surface area (Å²) in [6, 6.07) is 22.4. The van der Waals surface area contributed by atoms with Crippen molar-refractivity contribution in [3.63, 3.8) is 0 Å². The van der Waals surface area contributed by atoms with Crippen molar-refractivity contribution in [2.45, 2.75) is 149 Å². The zero-order valence-electron chi connectivity index (χ0n) is 38.6. The van der Waals surface area contributed by atoms with Gasteiger partial charge in [0.15, 0.2) is 0 Å². The lowest BCUT2D eigenvalue weighted by Crippen LogP contribution is -2.22. The first kappa shape index (κ1) is 54.3. The van der Waals surface area contributed by atoms with Crippen LogP contribution in [0.25, 0.3) is 0 Å². The number of nitrogens with one attached hydrogen (secondary N) is 2. The summed E-state index contributed by atoms with van der Waals surface area (Å²) in [5.41, 5.74) is 2.05. The summed E-state index contributed by atoms with van der Waals surface area (Å²) in [5, 5.41) is 6.23. The van der Waals surface area contributed by atoms with Crippen LogP contribution in [0.3, 0.4) is 0 Å². The maximum atomic E-state index is 14.1. The minimum absolute atomic E-state index is 0.0226. The minimum atomic E-state index is -4.49. The zero-order chi connectivity index (χ0) is 48.5. The molecular weight excluding hydrogens is 948 g/mol. The number of hydrogen-bond donors (Lipinski definition) is 2. The third-order valence-electron chi connectivity index (χ3n) is 13.4. The Morgan fingerprint density at radius 1 is 0.529 bits per heavy atom. The van der Waals surface area contributed by atoms with Gasteiger partial charge in [0.25, 0.3) is 0 Å². The molecular formula is C52H64F8N2O3PS2+. The highest BCUT2D eigenvalue weighted by Crippen LogP contribution is 2.47. The van der Waals surface area contributed by atoms with E-state index in [1.54, 1.807) is 12.1 Å². The Kier molecular flexibility index (Phi) is 21.1. The van der Waals surface area contributed by atoms with Crippen molar-refractivity contribution in [2.24, 2.45) is 0 Å². The monoisotopic (exact) mass is 1010 g/mol. The highest BCUT2D eigenvalue weighted by atomic mass is 32.2. The maximum absolute atomic E-state index is 14.1. The van der Waals surface area contributed by atoms with Crippen molar-refractivity contribution in [1.82, 2.24) is 10.6 Å². The molecule has 2 fully saturated rings. The van der Waals surface area contributed by atoms with E-state index >= 15 is 0 Å². The third-order valence-corrected chi connectivity index (χ3v) is 16.5. The van der Waals surface area contributed by atoms with Gasteiger partial charge in [-0.1, -0.05) is 74.9 Å². The molecule has 2 aliphatic rings. The number of benzene rings is 4. The van der Waals surface area contributed by atoms with E-state index in [0.717, 1.165) is 101 Å². The van der Waals surface area contributed by atoms with Gasteiger partial charge in [-0.15, -0.1) is 32.6 Å². The highest BCUT2D eigenvalue weighted by Gasteiger charge is 2.38. The normalized spacial score (nSPS) is 15.9. The van der Waals surface area contributed by atoms with Crippen LogP contribution in [0, 0.1) is 11.6 Å². The van der Waals surface area contributed by atoms with Gasteiger partial charge < -0.3 is 10.6 Å². The van der Waals surface area contributed by atoms with Gasteiger partial charge in [-0.3, -0.25) is 0 Å². The molecule has 0 bridgehead atoms. The molecule has 0 heterocycles. The fourth-order valence-electron chi connectivity index (χ4n) is 9.82. The Morgan fingerprint density at radius 2 is 0.912 bits per heavy atom. The molecule has 2 saturated carbocycles. The van der Waals surface area contributed by atoms with Gasteiger partial charge in [0, 0.05) is 27.4 Å². The Hall–Kier alpha value is -3.04. The lowest BCUT2D eigenvalue weighted by atomic mass is 9.75. The Morgan fingerprint density at radius 3 is 1.28 bits per heavy atom. The van der Waals surface area contributed by atoms with Crippen LogP contribution < -0.4 is 10.6 Å². The molecule has 0 spiro atoms. The molecule has 16 heteroatoms. The van der Waals surface area contributed by atoms with E-state index in [1.807, 2.05) is 24.3 Å². The van der Waals surface area contributed by atoms with E-state index in [1.165, 1.54) is 72.1 Å². The third kappa shape index (κ3) is 16.5. The van der Waals surface area contributed by atoms with Crippen molar-refractivity contribution < 1.29 is 48.7 Å². The summed E-state index contributed by atoms with van der Waals surface area (Å²) in [5.74, 6) is 0.624. The van der Waals surface area contributed by atoms with Crippen LogP contribution in [0.2, 0.25) is 0 Å². The van der Waals surface area contributed by atoms with E-state index in [-0.39, 0.29) is 58.6 Å². The first-order valence-corrected chi connectivity index (χ1v) is 27.1. The highest BCUT2D eigenvalue weighted by molar-refractivity contribution is 7.99. The number of rotatable bonds is 28. The largest absolute Gasteiger partial charge is 0.697 e. The standard InChI is InChI=1S/C52H64F8N2O3PS2/c53-43-17-13-41(14-18-43)49(23-1-2-24-49)27-5-7-33-67-47-21-11-39(35-45(47)51(55,56)57)37-61-29-9-31-64-66(63)65-32-10-30-62-38-40-12-22-48(46(36-40)52(58,59)60)68-34-8-6-28-50(25-3-4-26-50)42-15-19-44(54)20-16-42/h11-22,35-36,61-62H,1-10,23-34,37-38H2/q+1. The van der Waals surface area contributed by atoms with Gasteiger partial charge in [-0.2, -0.15) is 26.3 Å². The smallest absolute Gasteiger partial charge is 0.313 e. The lowest BCUT2D eigenvalue weighted by Gasteiger charge is -2.30. The van der Waals surface area contributed by atoms with Gasteiger partial charge >= 0.3 is 20.6 Å². The van der Waals surface area contributed by atoms with Crippen LogP contribution in [-0.2, 0) is 49.9 Å². The van der Waals surface area contributed by atoms with E-state index in [0.29, 0.717) is 48.6 Å². The quantitative estimate of drug-likeness (QED) is 0.0254. The summed E-state index contributed by atoms with van der Waals surface area (Å²) in [6.45, 7) is 1.50. The number of thioether (sulfide) groups is 2. The van der Waals surface area contributed by atoms with E-state index < -0.39 is 31.7 Å². The topological polar surface area (TPSA) is 59.6 Å². The van der Waals surface area contributed by atoms with Crippen LogP contribution in [0.15, 0.2) is 94.7 Å². The minimum Gasteiger partial charge on any atom is -0.313 e. The number of hydrogen-bond acceptors (Lipinski definition) is 7. The molecule has 0 aromatic heterocycles. The van der Waals surface area contributed by atoms with E-state index in [4.69, 9.17) is 9.05 Å². The zero-order valence-corrected chi connectivity index (χ0v) is 41.1. The molecule has 0 saturated heterocycles. The average Bonchev–Trinajstić information content (AvgIpc) is 4.00. The Bertz CT molecular complexity index is 2010. The molecule has 2 N–H and O–H groups in total. The van der Waals surface area contributed by atoms with Crippen molar-refractivity contribution in [1.29, 1.82) is 0 Å². The average molecular weight is 1010 g/mol. The van der Waals surface area contributed by atoms with Gasteiger partial charge in [0.2, 0.25) is 0 Å². The second-order valence-electron chi connectivity index (χ2n) is 18.2. The van der Waals surface area contributed by atoms with E-state index in [2.05, 4.69) is 10.6 Å². The summed E-state index contributed by atoms with van der Waals surface area (Å²) in [4.78, 5) is 0.415. The molecule has 6 rings (SSSR count). The summed E-state index contributed by atoms with van der Waals surface area (Å²) >= 11 is 2.45. The number of alkyl halides is 6. The first-order valence-electron chi connectivity index (χ1n) is 24.0. The predicted octanol–water partition coefficient (Wildman–Crippen LogP) is 15.9. The molecule has 0 aliphatic heterocycles. The van der Waals surface area contributed by atoms with Crippen LogP contribution in [-0.4, -0.2) is 37.8 Å². The van der Waals surface area contributed by atoms with Crippen LogP contribution in [0.5, 0.6) is 0 Å². The molecule has 0 unspecified atom stereocenters.